The van der Waals surface area contributed by atoms with Gasteiger partial charge in [-0.25, -0.2) is 9.18 Å². The summed E-state index contributed by atoms with van der Waals surface area (Å²) in [4.78, 5) is 26.6. The highest BCUT2D eigenvalue weighted by Gasteiger charge is 2.32. The molecule has 0 unspecified atom stereocenters. The molecule has 3 rings (SSSR count). The summed E-state index contributed by atoms with van der Waals surface area (Å²) in [6, 6.07) is 4.49. The molecule has 8 heteroatoms. The maximum Gasteiger partial charge on any atom is 0.414 e. The van der Waals surface area contributed by atoms with Crippen molar-refractivity contribution >= 4 is 23.4 Å². The van der Waals surface area contributed by atoms with Gasteiger partial charge in [0.05, 0.1) is 37.7 Å². The quantitative estimate of drug-likeness (QED) is 0.889. The van der Waals surface area contributed by atoms with Crippen LogP contribution in [0.5, 0.6) is 0 Å². The molecule has 7 nitrogen and oxygen atoms in total. The van der Waals surface area contributed by atoms with Crippen LogP contribution in [0.4, 0.5) is 20.6 Å². The van der Waals surface area contributed by atoms with Crippen molar-refractivity contribution < 1.29 is 27.6 Å². The molecule has 2 fully saturated rings. The average molecular weight is 340 g/mol. The topological polar surface area (TPSA) is 71.1 Å². The number of hydrogen-bond donors (Lipinski definition) is 1. The smallest absolute Gasteiger partial charge is 0.414 e. The van der Waals surface area contributed by atoms with E-state index in [1.807, 2.05) is 4.90 Å². The van der Waals surface area contributed by atoms with Crippen LogP contribution in [0.25, 0.3) is 0 Å². The molecule has 2 heterocycles. The molecule has 2 saturated heterocycles. The summed E-state index contributed by atoms with van der Waals surface area (Å²) in [7, 11) is 0. The highest BCUT2D eigenvalue weighted by molar-refractivity contribution is 5.90. The van der Waals surface area contributed by atoms with Crippen molar-refractivity contribution in [1.82, 2.24) is 5.32 Å². The number of rotatable bonds is 4. The second kappa shape index (κ2) is 7.04. The van der Waals surface area contributed by atoms with Crippen molar-refractivity contribution in [3.63, 3.8) is 0 Å². The van der Waals surface area contributed by atoms with Gasteiger partial charge in [-0.15, -0.1) is 0 Å². The number of benzene rings is 1. The van der Waals surface area contributed by atoms with E-state index in [1.54, 1.807) is 12.1 Å². The summed E-state index contributed by atoms with van der Waals surface area (Å²) in [6.45, 7) is -0.571. The van der Waals surface area contributed by atoms with Gasteiger partial charge in [-0.2, -0.15) is 0 Å². The van der Waals surface area contributed by atoms with Crippen LogP contribution in [-0.4, -0.2) is 57.5 Å². The molecule has 2 aliphatic rings. The minimum atomic E-state index is -2.76. The molecule has 130 valence electrons. The van der Waals surface area contributed by atoms with Gasteiger partial charge in [-0.3, -0.25) is 9.69 Å². The van der Waals surface area contributed by atoms with Gasteiger partial charge in [0.25, 0.3) is 0 Å². The maximum absolute atomic E-state index is 14.5. The molecule has 0 bridgehead atoms. The van der Waals surface area contributed by atoms with Gasteiger partial charge in [-0.05, 0) is 18.2 Å². The van der Waals surface area contributed by atoms with E-state index < -0.39 is 30.8 Å². The fourth-order valence-corrected chi connectivity index (χ4v) is 2.77. The predicted octanol–water partition coefficient (Wildman–Crippen LogP) is 1.12. The van der Waals surface area contributed by atoms with E-state index in [0.717, 1.165) is 0 Å². The van der Waals surface area contributed by atoms with Gasteiger partial charge in [0.15, 0.2) is 0 Å². The number of anilines is 2. The van der Waals surface area contributed by atoms with E-state index >= 15 is 0 Å². The number of cyclic esters (lactones) is 1. The molecule has 2 aliphatic heterocycles. The molecule has 1 N–H and O–H groups in total. The Morgan fingerprint density at radius 2 is 2.25 bits per heavy atom. The molecule has 0 aromatic heterocycles. The normalized spacial score (nSPS) is 23.3. The van der Waals surface area contributed by atoms with Crippen LogP contribution in [0.2, 0.25) is 0 Å². The molecule has 0 saturated carbocycles. The minimum Gasteiger partial charge on any atom is -0.442 e. The average Bonchev–Trinajstić information content (AvgIpc) is 3.00. The Bertz CT molecular complexity index is 725. The Hall–Kier alpha value is -2.35. The van der Waals surface area contributed by atoms with Crippen LogP contribution in [0.3, 0.4) is 0 Å². The van der Waals surface area contributed by atoms with Crippen LogP contribution in [0.1, 0.15) is 11.0 Å². The largest absolute Gasteiger partial charge is 0.442 e. The minimum absolute atomic E-state index is 0.0798. The first-order valence-corrected chi connectivity index (χ1v) is 7.64. The zero-order valence-electron chi connectivity index (χ0n) is 16.0. The molecular weight excluding hydrogens is 317 g/mol. The van der Waals surface area contributed by atoms with Gasteiger partial charge in [0.2, 0.25) is 5.91 Å². The highest BCUT2D eigenvalue weighted by atomic mass is 19.1. The van der Waals surface area contributed by atoms with Crippen LogP contribution in [0.15, 0.2) is 18.2 Å². The van der Waals surface area contributed by atoms with Crippen molar-refractivity contribution in [2.75, 3.05) is 49.2 Å². The first-order valence-electron chi connectivity index (χ1n) is 9.14. The molecule has 0 radical (unpaired) electrons. The number of morpholine rings is 1. The SMILES string of the molecule is [2H]C([2H])([2H])C(=O)NC[C@@H]1CN(c2ccc(N3CCOCC3)c(F)c2)C(=O)O1. The lowest BCUT2D eigenvalue weighted by Gasteiger charge is -2.29. The number of hydrogen-bond acceptors (Lipinski definition) is 5. The summed E-state index contributed by atoms with van der Waals surface area (Å²) in [5.41, 5.74) is 0.773. The number of carbonyl (C=O) groups is 2. The van der Waals surface area contributed by atoms with Crippen LogP contribution >= 0.6 is 0 Å². The summed E-state index contributed by atoms with van der Waals surface area (Å²) in [5.74, 6) is -1.57. The Kier molecular flexibility index (Phi) is 3.81. The number of nitrogens with one attached hydrogen (secondary N) is 1. The fourth-order valence-electron chi connectivity index (χ4n) is 2.77. The predicted molar refractivity (Wildman–Crippen MR) is 85.7 cm³/mol. The molecule has 1 atom stereocenters. The molecule has 1 aromatic rings. The van der Waals surface area contributed by atoms with Crippen molar-refractivity contribution in [2.24, 2.45) is 0 Å². The Balaban J connectivity index is 1.63. The fraction of sp³-hybridized carbons (Fsp3) is 0.500. The van der Waals surface area contributed by atoms with Crippen LogP contribution in [0, 0.1) is 5.82 Å². The zero-order valence-corrected chi connectivity index (χ0v) is 13.0. The van der Waals surface area contributed by atoms with Crippen molar-refractivity contribution in [1.29, 1.82) is 0 Å². The standard InChI is InChI=1S/C16H20FN3O4/c1-11(21)18-9-13-10-20(16(22)24-13)12-2-3-15(14(17)8-12)19-4-6-23-7-5-19/h2-3,8,13H,4-7,9-10H2,1H3,(H,18,21)/t13-/m1/s1/i1D3. The van der Waals surface area contributed by atoms with E-state index in [0.29, 0.717) is 37.7 Å². The van der Waals surface area contributed by atoms with Gasteiger partial charge in [0.1, 0.15) is 11.9 Å². The molecule has 2 amide bonds. The van der Waals surface area contributed by atoms with Gasteiger partial charge in [-0.1, -0.05) is 0 Å². The molecular formula is C16H20FN3O4. The van der Waals surface area contributed by atoms with E-state index in [4.69, 9.17) is 13.6 Å². The molecule has 0 spiro atoms. The maximum atomic E-state index is 14.5. The molecule has 0 aliphatic carbocycles. The lowest BCUT2D eigenvalue weighted by molar-refractivity contribution is -0.119. The van der Waals surface area contributed by atoms with E-state index in [2.05, 4.69) is 5.32 Å². The summed E-state index contributed by atoms with van der Waals surface area (Å²) in [5, 5.41) is 2.22. The first-order chi connectivity index (χ1) is 12.8. The summed E-state index contributed by atoms with van der Waals surface area (Å²) in [6.07, 6.45) is -1.40. The van der Waals surface area contributed by atoms with Crippen LogP contribution < -0.4 is 15.1 Å². The third kappa shape index (κ3) is 3.59. The van der Waals surface area contributed by atoms with Crippen molar-refractivity contribution in [2.45, 2.75) is 13.0 Å². The number of nitrogens with zero attached hydrogens (tertiary/aromatic N) is 2. The van der Waals surface area contributed by atoms with E-state index in [9.17, 15) is 14.0 Å². The number of amides is 2. The lowest BCUT2D eigenvalue weighted by Crippen LogP contribution is -2.36. The third-order valence-electron chi connectivity index (χ3n) is 3.96. The zero-order chi connectivity index (χ0) is 19.6. The Morgan fingerprint density at radius 3 is 2.96 bits per heavy atom. The summed E-state index contributed by atoms with van der Waals surface area (Å²) >= 11 is 0. The second-order valence-corrected chi connectivity index (χ2v) is 5.56. The molecule has 1 aromatic carbocycles. The van der Waals surface area contributed by atoms with Crippen molar-refractivity contribution in [3.8, 4) is 0 Å². The Labute approximate surface area is 143 Å². The lowest BCUT2D eigenvalue weighted by atomic mass is 10.2. The van der Waals surface area contributed by atoms with E-state index in [-0.39, 0.29) is 13.1 Å². The third-order valence-corrected chi connectivity index (χ3v) is 3.96. The monoisotopic (exact) mass is 340 g/mol. The number of ether oxygens (including phenoxy) is 2. The van der Waals surface area contributed by atoms with Crippen LogP contribution in [-0.2, 0) is 14.3 Å². The molecule has 24 heavy (non-hydrogen) atoms. The number of carbonyl (C=O) groups excluding carboxylic acids is 2. The summed E-state index contributed by atoms with van der Waals surface area (Å²) < 4.78 is 45.9. The van der Waals surface area contributed by atoms with Gasteiger partial charge >= 0.3 is 6.09 Å². The van der Waals surface area contributed by atoms with Gasteiger partial charge < -0.3 is 19.7 Å². The van der Waals surface area contributed by atoms with Crippen molar-refractivity contribution in [3.05, 3.63) is 24.0 Å². The Morgan fingerprint density at radius 1 is 1.46 bits per heavy atom. The number of halogens is 1. The van der Waals surface area contributed by atoms with Gasteiger partial charge in [0, 0.05) is 24.1 Å². The highest BCUT2D eigenvalue weighted by Crippen LogP contribution is 2.28. The first kappa shape index (κ1) is 13.0. The van der Waals surface area contributed by atoms with E-state index in [1.165, 1.54) is 11.0 Å². The second-order valence-electron chi connectivity index (χ2n) is 5.56.